The minimum atomic E-state index is -0.395. The molecular formula is C15H12Br2FNO2. The predicted molar refractivity (Wildman–Crippen MR) is 86.9 cm³/mol. The first-order valence-corrected chi connectivity index (χ1v) is 7.65. The van der Waals surface area contributed by atoms with Crippen molar-refractivity contribution in [3.05, 3.63) is 62.3 Å². The molecule has 0 fully saturated rings. The Morgan fingerprint density at radius 1 is 1.24 bits per heavy atom. The van der Waals surface area contributed by atoms with Crippen LogP contribution < -0.4 is 5.32 Å². The zero-order valence-corrected chi connectivity index (χ0v) is 14.3. The van der Waals surface area contributed by atoms with Crippen molar-refractivity contribution in [2.24, 2.45) is 0 Å². The van der Waals surface area contributed by atoms with Crippen LogP contribution in [0.5, 0.6) is 0 Å². The Bertz CT molecular complexity index is 677. The molecule has 6 heteroatoms. The highest BCUT2D eigenvalue weighted by atomic mass is 79.9. The van der Waals surface area contributed by atoms with Crippen molar-refractivity contribution in [3.8, 4) is 0 Å². The lowest BCUT2D eigenvalue weighted by atomic mass is 10.1. The monoisotopic (exact) mass is 415 g/mol. The van der Waals surface area contributed by atoms with E-state index in [1.54, 1.807) is 30.3 Å². The maximum Gasteiger partial charge on any atom is 0.337 e. The largest absolute Gasteiger partial charge is 0.465 e. The topological polar surface area (TPSA) is 38.3 Å². The molecule has 0 amide bonds. The Labute approximate surface area is 138 Å². The van der Waals surface area contributed by atoms with Gasteiger partial charge in [-0.3, -0.25) is 0 Å². The van der Waals surface area contributed by atoms with Gasteiger partial charge < -0.3 is 10.1 Å². The van der Waals surface area contributed by atoms with E-state index >= 15 is 0 Å². The Morgan fingerprint density at radius 2 is 2.00 bits per heavy atom. The summed E-state index contributed by atoms with van der Waals surface area (Å²) in [6.45, 7) is 0.426. The molecule has 2 rings (SSSR count). The van der Waals surface area contributed by atoms with Gasteiger partial charge in [0, 0.05) is 15.5 Å². The van der Waals surface area contributed by atoms with Crippen LogP contribution in [0.3, 0.4) is 0 Å². The van der Waals surface area contributed by atoms with Crippen LogP contribution in [0.15, 0.2) is 45.3 Å². The minimum absolute atomic E-state index is 0.319. The molecule has 0 radical (unpaired) electrons. The third-order valence-electron chi connectivity index (χ3n) is 2.87. The van der Waals surface area contributed by atoms with E-state index in [1.807, 2.05) is 0 Å². The van der Waals surface area contributed by atoms with Crippen molar-refractivity contribution >= 4 is 43.5 Å². The molecule has 110 valence electrons. The molecule has 2 aromatic carbocycles. The average molecular weight is 417 g/mol. The van der Waals surface area contributed by atoms with Crippen molar-refractivity contribution in [1.82, 2.24) is 0 Å². The van der Waals surface area contributed by atoms with Crippen LogP contribution in [0.2, 0.25) is 0 Å². The van der Waals surface area contributed by atoms with E-state index in [9.17, 15) is 9.18 Å². The molecule has 0 saturated carbocycles. The van der Waals surface area contributed by atoms with Gasteiger partial charge in [-0.2, -0.15) is 0 Å². The lowest BCUT2D eigenvalue weighted by Crippen LogP contribution is -2.05. The lowest BCUT2D eigenvalue weighted by Gasteiger charge is -2.10. The van der Waals surface area contributed by atoms with Gasteiger partial charge in [0.05, 0.1) is 18.4 Å². The molecule has 0 atom stereocenters. The van der Waals surface area contributed by atoms with Gasteiger partial charge >= 0.3 is 5.97 Å². The molecule has 0 aliphatic carbocycles. The number of nitrogens with one attached hydrogen (secondary N) is 1. The summed E-state index contributed by atoms with van der Waals surface area (Å²) in [7, 11) is 1.34. The second-order valence-corrected chi connectivity index (χ2v) is 6.05. The molecule has 21 heavy (non-hydrogen) atoms. The number of benzene rings is 2. The zero-order chi connectivity index (χ0) is 15.4. The highest BCUT2D eigenvalue weighted by Gasteiger charge is 2.09. The Kier molecular flexibility index (Phi) is 5.36. The van der Waals surface area contributed by atoms with Crippen LogP contribution >= 0.6 is 31.9 Å². The van der Waals surface area contributed by atoms with E-state index < -0.39 is 5.97 Å². The average Bonchev–Trinajstić information content (AvgIpc) is 2.48. The fourth-order valence-electron chi connectivity index (χ4n) is 1.76. The first kappa shape index (κ1) is 16.0. The van der Waals surface area contributed by atoms with Crippen molar-refractivity contribution in [2.45, 2.75) is 6.54 Å². The van der Waals surface area contributed by atoms with Crippen molar-refractivity contribution < 1.29 is 13.9 Å². The second-order valence-electron chi connectivity index (χ2n) is 4.28. The normalized spacial score (nSPS) is 10.3. The van der Waals surface area contributed by atoms with Gasteiger partial charge in [0.2, 0.25) is 0 Å². The van der Waals surface area contributed by atoms with Gasteiger partial charge in [0.1, 0.15) is 5.82 Å². The summed E-state index contributed by atoms with van der Waals surface area (Å²) < 4.78 is 19.8. The maximum absolute atomic E-state index is 13.6. The highest BCUT2D eigenvalue weighted by molar-refractivity contribution is 9.10. The van der Waals surface area contributed by atoms with Crippen LogP contribution in [-0.2, 0) is 11.3 Å². The van der Waals surface area contributed by atoms with Gasteiger partial charge in [-0.05, 0) is 35.9 Å². The predicted octanol–water partition coefficient (Wildman–Crippen LogP) is 4.75. The molecule has 0 spiro atoms. The van der Waals surface area contributed by atoms with E-state index in [-0.39, 0.29) is 5.82 Å². The number of ether oxygens (including phenoxy) is 1. The molecule has 0 aromatic heterocycles. The smallest absolute Gasteiger partial charge is 0.337 e. The van der Waals surface area contributed by atoms with Crippen LogP contribution in [0.25, 0.3) is 0 Å². The summed E-state index contributed by atoms with van der Waals surface area (Å²) >= 11 is 6.70. The number of anilines is 1. The van der Waals surface area contributed by atoms with Crippen LogP contribution in [-0.4, -0.2) is 13.1 Å². The van der Waals surface area contributed by atoms with Gasteiger partial charge in [-0.25, -0.2) is 9.18 Å². The molecule has 3 nitrogen and oxygen atoms in total. The molecule has 0 aliphatic heterocycles. The zero-order valence-electron chi connectivity index (χ0n) is 11.1. The molecule has 0 heterocycles. The van der Waals surface area contributed by atoms with Gasteiger partial charge in [-0.15, -0.1) is 0 Å². The van der Waals surface area contributed by atoms with Crippen molar-refractivity contribution in [3.63, 3.8) is 0 Å². The molecule has 0 aliphatic rings. The fraction of sp³-hybridized carbons (Fsp3) is 0.133. The Morgan fingerprint density at radius 3 is 2.67 bits per heavy atom. The number of halogens is 3. The Balaban J connectivity index is 2.13. The summed E-state index contributed by atoms with van der Waals surface area (Å²) in [4.78, 5) is 11.4. The van der Waals surface area contributed by atoms with Gasteiger partial charge in [-0.1, -0.05) is 37.9 Å². The summed E-state index contributed by atoms with van der Waals surface area (Å²) in [6, 6.07) is 9.85. The van der Waals surface area contributed by atoms with Crippen LogP contribution in [0.4, 0.5) is 10.1 Å². The summed E-state index contributed by atoms with van der Waals surface area (Å²) in [5.74, 6) is -0.714. The summed E-state index contributed by atoms with van der Waals surface area (Å²) in [5.41, 5.74) is 1.78. The fourth-order valence-corrected chi connectivity index (χ4v) is 2.64. The molecular weight excluding hydrogens is 405 g/mol. The second kappa shape index (κ2) is 7.04. The molecule has 0 unspecified atom stereocenters. The molecule has 0 bridgehead atoms. The first-order valence-electron chi connectivity index (χ1n) is 6.07. The van der Waals surface area contributed by atoms with Gasteiger partial charge in [0.15, 0.2) is 0 Å². The summed E-state index contributed by atoms with van der Waals surface area (Å²) in [6.07, 6.45) is 0. The number of carbonyl (C=O) groups excluding carboxylic acids is 1. The van der Waals surface area contributed by atoms with Crippen LogP contribution in [0, 0.1) is 5.82 Å². The standard InChI is InChI=1S/C15H12Br2FNO2/c1-21-15(20)9-2-3-10(12(17)6-9)8-19-14-7-11(16)4-5-13(14)18/h2-7,19H,8H2,1H3. The number of hydrogen-bond donors (Lipinski definition) is 1. The summed E-state index contributed by atoms with van der Waals surface area (Å²) in [5, 5.41) is 3.02. The van der Waals surface area contributed by atoms with Gasteiger partial charge in [0.25, 0.3) is 0 Å². The van der Waals surface area contributed by atoms with Crippen molar-refractivity contribution in [2.75, 3.05) is 12.4 Å². The first-order chi connectivity index (χ1) is 10.0. The van der Waals surface area contributed by atoms with E-state index in [0.29, 0.717) is 17.8 Å². The van der Waals surface area contributed by atoms with E-state index in [0.717, 1.165) is 14.5 Å². The van der Waals surface area contributed by atoms with Crippen LogP contribution in [0.1, 0.15) is 15.9 Å². The van der Waals surface area contributed by atoms with E-state index in [4.69, 9.17) is 0 Å². The third-order valence-corrected chi connectivity index (χ3v) is 4.10. The lowest BCUT2D eigenvalue weighted by molar-refractivity contribution is 0.0600. The number of rotatable bonds is 4. The number of hydrogen-bond acceptors (Lipinski definition) is 3. The van der Waals surface area contributed by atoms with Crippen molar-refractivity contribution in [1.29, 1.82) is 0 Å². The maximum atomic E-state index is 13.6. The SMILES string of the molecule is COC(=O)c1ccc(CNc2cc(Br)ccc2F)c(Br)c1. The number of carbonyl (C=O) groups is 1. The molecule has 0 saturated heterocycles. The molecule has 1 N–H and O–H groups in total. The minimum Gasteiger partial charge on any atom is -0.465 e. The van der Waals surface area contributed by atoms with E-state index in [2.05, 4.69) is 41.9 Å². The quantitative estimate of drug-likeness (QED) is 0.731. The highest BCUT2D eigenvalue weighted by Crippen LogP contribution is 2.23. The van der Waals surface area contributed by atoms with E-state index in [1.165, 1.54) is 13.2 Å². The third kappa shape index (κ3) is 4.04. The number of esters is 1. The number of methoxy groups -OCH3 is 1. The molecule has 2 aromatic rings. The Hall–Kier alpha value is -1.40.